The summed E-state index contributed by atoms with van der Waals surface area (Å²) in [5, 5.41) is 11.1. The third-order valence-corrected chi connectivity index (χ3v) is 3.85. The van der Waals surface area contributed by atoms with Crippen LogP contribution in [0.15, 0.2) is 24.3 Å². The highest BCUT2D eigenvalue weighted by molar-refractivity contribution is 5.80. The molecular formula is C21H34N2O8. The number of amides is 1. The van der Waals surface area contributed by atoms with E-state index in [2.05, 4.69) is 5.32 Å². The second-order valence-corrected chi connectivity index (χ2v) is 6.46. The highest BCUT2D eigenvalue weighted by Crippen LogP contribution is 2.12. The monoisotopic (exact) mass is 442 g/mol. The first kappa shape index (κ1) is 26.6. The van der Waals surface area contributed by atoms with Crippen molar-refractivity contribution in [1.29, 1.82) is 0 Å². The van der Waals surface area contributed by atoms with Gasteiger partial charge in [-0.05, 0) is 30.7 Å². The molecule has 0 atom stereocenters. The minimum absolute atomic E-state index is 0.00282. The summed E-state index contributed by atoms with van der Waals surface area (Å²) in [6.07, 6.45) is 0.501. The van der Waals surface area contributed by atoms with Crippen molar-refractivity contribution in [3.05, 3.63) is 24.3 Å². The summed E-state index contributed by atoms with van der Waals surface area (Å²) in [4.78, 5) is 21.6. The van der Waals surface area contributed by atoms with Gasteiger partial charge in [-0.3, -0.25) is 9.59 Å². The standard InChI is InChI=1S/C21H34N2O8/c22-18-2-4-19(5-3-18)31-17-16-30-15-14-29-13-12-28-11-10-27-9-1-8-23-20(24)6-7-21(25)26/h2-5H,1,6-17,22H2,(H,23,24)(H,25,26). The predicted octanol–water partition coefficient (Wildman–Crippen LogP) is 1.09. The SMILES string of the molecule is Nc1ccc(OCCOCCOCCOCCOCCCNC(=O)CCC(=O)O)cc1. The van der Waals surface area contributed by atoms with Gasteiger partial charge in [-0.1, -0.05) is 0 Å². The van der Waals surface area contributed by atoms with Crippen molar-refractivity contribution in [3.63, 3.8) is 0 Å². The Hall–Kier alpha value is -2.40. The summed E-state index contributed by atoms with van der Waals surface area (Å²) < 4.78 is 27.1. The Labute approximate surface area is 182 Å². The highest BCUT2D eigenvalue weighted by atomic mass is 16.6. The summed E-state index contributed by atoms with van der Waals surface area (Å²) >= 11 is 0. The molecule has 0 aliphatic heterocycles. The van der Waals surface area contributed by atoms with E-state index in [1.54, 1.807) is 12.1 Å². The fraction of sp³-hybridized carbons (Fsp3) is 0.619. The quantitative estimate of drug-likeness (QED) is 0.200. The number of rotatable bonds is 20. The van der Waals surface area contributed by atoms with Gasteiger partial charge in [-0.25, -0.2) is 0 Å². The molecule has 0 fully saturated rings. The van der Waals surface area contributed by atoms with Gasteiger partial charge in [0.15, 0.2) is 0 Å². The van der Waals surface area contributed by atoms with Crippen LogP contribution in [-0.2, 0) is 28.5 Å². The van der Waals surface area contributed by atoms with E-state index in [0.29, 0.717) is 78.1 Å². The van der Waals surface area contributed by atoms with Gasteiger partial charge >= 0.3 is 5.97 Å². The van der Waals surface area contributed by atoms with E-state index >= 15 is 0 Å². The van der Waals surface area contributed by atoms with Crippen LogP contribution in [0.1, 0.15) is 19.3 Å². The number of anilines is 1. The number of ether oxygens (including phenoxy) is 5. The van der Waals surface area contributed by atoms with E-state index in [-0.39, 0.29) is 18.7 Å². The molecule has 4 N–H and O–H groups in total. The van der Waals surface area contributed by atoms with Crippen molar-refractivity contribution in [3.8, 4) is 5.75 Å². The van der Waals surface area contributed by atoms with Gasteiger partial charge in [0.1, 0.15) is 12.4 Å². The van der Waals surface area contributed by atoms with Crippen molar-refractivity contribution in [2.75, 3.05) is 71.7 Å². The van der Waals surface area contributed by atoms with Crippen molar-refractivity contribution in [2.45, 2.75) is 19.3 Å². The third kappa shape index (κ3) is 17.0. The number of nitrogens with two attached hydrogens (primary N) is 1. The summed E-state index contributed by atoms with van der Waals surface area (Å²) in [6, 6.07) is 7.20. The zero-order valence-electron chi connectivity index (χ0n) is 17.9. The second kappa shape index (κ2) is 18.4. The zero-order valence-corrected chi connectivity index (χ0v) is 17.9. The molecule has 1 aromatic rings. The van der Waals surface area contributed by atoms with E-state index in [1.807, 2.05) is 12.1 Å². The molecule has 0 heterocycles. The van der Waals surface area contributed by atoms with Crippen molar-refractivity contribution in [2.24, 2.45) is 0 Å². The molecule has 31 heavy (non-hydrogen) atoms. The topological polar surface area (TPSA) is 139 Å². The molecule has 1 aromatic carbocycles. The maximum Gasteiger partial charge on any atom is 0.303 e. The van der Waals surface area contributed by atoms with Gasteiger partial charge in [0, 0.05) is 25.3 Å². The van der Waals surface area contributed by atoms with Gasteiger partial charge in [-0.15, -0.1) is 0 Å². The van der Waals surface area contributed by atoms with Crippen molar-refractivity contribution >= 4 is 17.6 Å². The van der Waals surface area contributed by atoms with E-state index in [9.17, 15) is 9.59 Å². The van der Waals surface area contributed by atoms with Crippen LogP contribution in [0.4, 0.5) is 5.69 Å². The summed E-state index contributed by atoms with van der Waals surface area (Å²) in [7, 11) is 0. The Kier molecular flexibility index (Phi) is 15.8. The molecule has 1 amide bonds. The number of hydrogen-bond acceptors (Lipinski definition) is 8. The Morgan fingerprint density at radius 2 is 1.29 bits per heavy atom. The van der Waals surface area contributed by atoms with Crippen LogP contribution in [0.3, 0.4) is 0 Å². The maximum absolute atomic E-state index is 11.3. The fourth-order valence-electron chi connectivity index (χ4n) is 2.26. The molecule has 0 unspecified atom stereocenters. The maximum atomic E-state index is 11.3. The van der Waals surface area contributed by atoms with Gasteiger partial charge < -0.3 is 39.8 Å². The second-order valence-electron chi connectivity index (χ2n) is 6.46. The lowest BCUT2D eigenvalue weighted by Crippen LogP contribution is -2.25. The van der Waals surface area contributed by atoms with E-state index in [0.717, 1.165) is 5.75 Å². The van der Waals surface area contributed by atoms with Crippen LogP contribution in [0, 0.1) is 0 Å². The molecule has 0 aliphatic rings. The first-order valence-corrected chi connectivity index (χ1v) is 10.4. The van der Waals surface area contributed by atoms with Gasteiger partial charge in [-0.2, -0.15) is 0 Å². The lowest BCUT2D eigenvalue weighted by molar-refractivity contribution is -0.138. The zero-order chi connectivity index (χ0) is 22.6. The van der Waals surface area contributed by atoms with E-state index < -0.39 is 5.97 Å². The van der Waals surface area contributed by atoms with E-state index in [1.165, 1.54) is 0 Å². The first-order chi connectivity index (χ1) is 15.1. The number of carboxylic acid groups (broad SMARTS) is 1. The minimum Gasteiger partial charge on any atom is -0.491 e. The van der Waals surface area contributed by atoms with Crippen LogP contribution in [0.2, 0.25) is 0 Å². The third-order valence-electron chi connectivity index (χ3n) is 3.85. The molecule has 0 aliphatic carbocycles. The summed E-state index contributed by atoms with van der Waals surface area (Å²) in [6.45, 7) is 4.76. The molecule has 0 saturated carbocycles. The number of carboxylic acids is 1. The van der Waals surface area contributed by atoms with Crippen LogP contribution in [-0.4, -0.2) is 83.0 Å². The number of hydrogen-bond donors (Lipinski definition) is 3. The molecular weight excluding hydrogens is 408 g/mol. The molecule has 1 rings (SSSR count). The number of carbonyl (C=O) groups is 2. The molecule has 0 saturated heterocycles. The first-order valence-electron chi connectivity index (χ1n) is 10.4. The smallest absolute Gasteiger partial charge is 0.303 e. The Morgan fingerprint density at radius 1 is 0.774 bits per heavy atom. The molecule has 10 heteroatoms. The molecule has 10 nitrogen and oxygen atoms in total. The molecule has 0 radical (unpaired) electrons. The Balaban J connectivity index is 1.73. The average molecular weight is 443 g/mol. The van der Waals surface area contributed by atoms with Crippen molar-refractivity contribution < 1.29 is 38.4 Å². The van der Waals surface area contributed by atoms with Crippen LogP contribution in [0.5, 0.6) is 5.75 Å². The number of nitrogen functional groups attached to an aromatic ring is 1. The lowest BCUT2D eigenvalue weighted by Gasteiger charge is -2.09. The average Bonchev–Trinajstić information content (AvgIpc) is 2.75. The summed E-state index contributed by atoms with van der Waals surface area (Å²) in [5.41, 5.74) is 6.31. The molecule has 0 aromatic heterocycles. The number of benzene rings is 1. The van der Waals surface area contributed by atoms with Gasteiger partial charge in [0.2, 0.25) is 5.91 Å². The summed E-state index contributed by atoms with van der Waals surface area (Å²) in [5.74, 6) is -0.480. The minimum atomic E-state index is -0.978. The van der Waals surface area contributed by atoms with Crippen LogP contribution in [0.25, 0.3) is 0 Å². The molecule has 0 spiro atoms. The Bertz CT molecular complexity index is 598. The highest BCUT2D eigenvalue weighted by Gasteiger charge is 2.04. The van der Waals surface area contributed by atoms with Crippen molar-refractivity contribution in [1.82, 2.24) is 5.32 Å². The number of nitrogens with one attached hydrogen (secondary N) is 1. The van der Waals surface area contributed by atoms with Gasteiger partial charge in [0.05, 0.1) is 52.7 Å². The fourth-order valence-corrected chi connectivity index (χ4v) is 2.26. The largest absolute Gasteiger partial charge is 0.491 e. The normalized spacial score (nSPS) is 10.7. The Morgan fingerprint density at radius 3 is 1.84 bits per heavy atom. The van der Waals surface area contributed by atoms with E-state index in [4.69, 9.17) is 34.5 Å². The van der Waals surface area contributed by atoms with Crippen LogP contribution < -0.4 is 15.8 Å². The molecule has 176 valence electrons. The number of aliphatic carboxylic acids is 1. The molecule has 0 bridgehead atoms. The predicted molar refractivity (Wildman–Crippen MR) is 114 cm³/mol. The van der Waals surface area contributed by atoms with Gasteiger partial charge in [0.25, 0.3) is 0 Å². The lowest BCUT2D eigenvalue weighted by atomic mass is 10.3. The van der Waals surface area contributed by atoms with Crippen LogP contribution >= 0.6 is 0 Å². The number of carbonyl (C=O) groups excluding carboxylic acids is 1.